The van der Waals surface area contributed by atoms with Gasteiger partial charge in [0.25, 0.3) is 5.91 Å². The molecule has 0 saturated carbocycles. The third-order valence-electron chi connectivity index (χ3n) is 5.39. The molecule has 1 aliphatic rings. The Morgan fingerprint density at radius 1 is 1.16 bits per heavy atom. The van der Waals surface area contributed by atoms with Gasteiger partial charge in [-0.05, 0) is 37.3 Å². The maximum absolute atomic E-state index is 12.9. The van der Waals surface area contributed by atoms with Gasteiger partial charge in [-0.1, -0.05) is 18.2 Å². The number of nitrogens with zero attached hydrogens (tertiary/aromatic N) is 2. The van der Waals surface area contributed by atoms with E-state index in [1.54, 1.807) is 5.38 Å². The number of sulfonamides is 1. The molecule has 160 valence electrons. The van der Waals surface area contributed by atoms with Crippen LogP contribution in [0.25, 0.3) is 22.2 Å². The zero-order valence-electron chi connectivity index (χ0n) is 16.7. The fourth-order valence-corrected chi connectivity index (χ4v) is 7.45. The molecular formula is C21H20N4O3S3. The first-order valence-electron chi connectivity index (χ1n) is 9.87. The van der Waals surface area contributed by atoms with E-state index < -0.39 is 15.9 Å². The summed E-state index contributed by atoms with van der Waals surface area (Å²) in [5.74, 6) is -0.454. The lowest BCUT2D eigenvalue weighted by atomic mass is 10.1. The van der Waals surface area contributed by atoms with E-state index in [-0.39, 0.29) is 9.77 Å². The van der Waals surface area contributed by atoms with Gasteiger partial charge < -0.3 is 4.98 Å². The highest BCUT2D eigenvalue weighted by molar-refractivity contribution is 7.89. The van der Waals surface area contributed by atoms with Gasteiger partial charge in [0.1, 0.15) is 9.77 Å². The van der Waals surface area contributed by atoms with Crippen LogP contribution in [0.15, 0.2) is 46.0 Å². The summed E-state index contributed by atoms with van der Waals surface area (Å²) < 4.78 is 27.3. The van der Waals surface area contributed by atoms with E-state index in [9.17, 15) is 13.2 Å². The number of benzene rings is 1. The summed E-state index contributed by atoms with van der Waals surface area (Å²) in [4.78, 5) is 21.1. The molecule has 7 nitrogen and oxygen atoms in total. The van der Waals surface area contributed by atoms with Crippen molar-refractivity contribution in [3.63, 3.8) is 0 Å². The second-order valence-electron chi connectivity index (χ2n) is 7.39. The number of thiophene rings is 1. The van der Waals surface area contributed by atoms with Crippen molar-refractivity contribution in [3.05, 3.63) is 51.7 Å². The van der Waals surface area contributed by atoms with Crippen LogP contribution >= 0.6 is 22.7 Å². The number of carbonyl (C=O) groups excluding carboxylic acids is 1. The molecular weight excluding hydrogens is 452 g/mol. The molecule has 0 atom stereocenters. The number of carbonyl (C=O) groups is 1. The number of aromatic amines is 1. The highest BCUT2D eigenvalue weighted by atomic mass is 32.2. The Balaban J connectivity index is 1.41. The van der Waals surface area contributed by atoms with Gasteiger partial charge in [0.2, 0.25) is 10.0 Å². The number of nitrogens with one attached hydrogen (secondary N) is 2. The van der Waals surface area contributed by atoms with Crippen LogP contribution < -0.4 is 5.32 Å². The molecule has 3 aromatic heterocycles. The number of thiazole rings is 1. The molecule has 0 aliphatic carbocycles. The first-order valence-corrected chi connectivity index (χ1v) is 13.1. The minimum Gasteiger partial charge on any atom is -0.358 e. The van der Waals surface area contributed by atoms with Gasteiger partial charge in [-0.25, -0.2) is 13.4 Å². The summed E-state index contributed by atoms with van der Waals surface area (Å²) in [7, 11) is -3.66. The summed E-state index contributed by atoms with van der Waals surface area (Å²) in [6, 6.07) is 9.51. The summed E-state index contributed by atoms with van der Waals surface area (Å²) in [5.41, 5.74) is 3.80. The van der Waals surface area contributed by atoms with E-state index in [1.807, 2.05) is 36.6 Å². The fourth-order valence-electron chi connectivity index (χ4n) is 3.94. The van der Waals surface area contributed by atoms with Crippen molar-refractivity contribution in [2.75, 3.05) is 18.4 Å². The largest absolute Gasteiger partial charge is 0.358 e. The van der Waals surface area contributed by atoms with Crippen LogP contribution in [0, 0.1) is 6.92 Å². The lowest BCUT2D eigenvalue weighted by Crippen LogP contribution is -2.29. The van der Waals surface area contributed by atoms with Gasteiger partial charge in [0, 0.05) is 40.6 Å². The molecule has 0 unspecified atom stereocenters. The number of H-pyrrole nitrogens is 1. The Morgan fingerprint density at radius 2 is 1.94 bits per heavy atom. The number of aromatic nitrogens is 2. The maximum Gasteiger partial charge on any atom is 0.268 e. The first kappa shape index (κ1) is 20.4. The van der Waals surface area contributed by atoms with Gasteiger partial charge >= 0.3 is 0 Å². The third kappa shape index (κ3) is 3.59. The maximum atomic E-state index is 12.9. The molecule has 1 saturated heterocycles. The monoisotopic (exact) mass is 472 g/mol. The van der Waals surface area contributed by atoms with Crippen molar-refractivity contribution in [1.29, 1.82) is 0 Å². The van der Waals surface area contributed by atoms with Crippen molar-refractivity contribution in [3.8, 4) is 11.3 Å². The standard InChI is InChI=1S/C21H20N4O3S3/c1-13-18(14-6-2-3-7-15(14)22-13)16-12-30-21(23-16)24-20(26)19-17(8-11-29-19)31(27,28)25-9-4-5-10-25/h2-3,6-8,11-12,22H,4-5,9-10H2,1H3,(H,23,24,26). The third-order valence-corrected chi connectivity index (χ3v) is 9.13. The van der Waals surface area contributed by atoms with Gasteiger partial charge in [0.05, 0.1) is 5.69 Å². The van der Waals surface area contributed by atoms with Gasteiger partial charge in [0.15, 0.2) is 5.13 Å². The van der Waals surface area contributed by atoms with E-state index in [4.69, 9.17) is 0 Å². The van der Waals surface area contributed by atoms with Crippen LogP contribution in [-0.2, 0) is 10.0 Å². The number of hydrogen-bond acceptors (Lipinski definition) is 6. The van der Waals surface area contributed by atoms with Crippen LogP contribution in [0.3, 0.4) is 0 Å². The predicted molar refractivity (Wildman–Crippen MR) is 124 cm³/mol. The van der Waals surface area contributed by atoms with E-state index in [0.29, 0.717) is 18.2 Å². The minimum absolute atomic E-state index is 0.0705. The summed E-state index contributed by atoms with van der Waals surface area (Å²) in [5, 5.41) is 7.82. The molecule has 4 aromatic rings. The summed E-state index contributed by atoms with van der Waals surface area (Å²) in [6.07, 6.45) is 1.69. The lowest BCUT2D eigenvalue weighted by Gasteiger charge is -2.15. The van der Waals surface area contributed by atoms with Crippen molar-refractivity contribution in [1.82, 2.24) is 14.3 Å². The average Bonchev–Trinajstić information content (AvgIpc) is 3.52. The SMILES string of the molecule is Cc1[nH]c2ccccc2c1-c1csc(NC(=O)c2sccc2S(=O)(=O)N2CCCC2)n1. The number of aryl methyl sites for hydroxylation is 1. The lowest BCUT2D eigenvalue weighted by molar-refractivity contribution is 0.102. The number of para-hydroxylation sites is 1. The molecule has 1 amide bonds. The molecule has 1 fully saturated rings. The van der Waals surface area contributed by atoms with Crippen LogP contribution in [0.4, 0.5) is 5.13 Å². The molecule has 0 spiro atoms. The van der Waals surface area contributed by atoms with Crippen LogP contribution in [0.1, 0.15) is 28.2 Å². The van der Waals surface area contributed by atoms with Crippen LogP contribution in [-0.4, -0.2) is 41.7 Å². The van der Waals surface area contributed by atoms with Gasteiger partial charge in [-0.3, -0.25) is 10.1 Å². The van der Waals surface area contributed by atoms with Crippen molar-refractivity contribution in [2.45, 2.75) is 24.7 Å². The number of amides is 1. The second-order valence-corrected chi connectivity index (χ2v) is 11.1. The van der Waals surface area contributed by atoms with Crippen molar-refractivity contribution >= 4 is 54.6 Å². The topological polar surface area (TPSA) is 95.2 Å². The van der Waals surface area contributed by atoms with E-state index in [2.05, 4.69) is 15.3 Å². The van der Waals surface area contributed by atoms with E-state index >= 15 is 0 Å². The van der Waals surface area contributed by atoms with Crippen molar-refractivity contribution < 1.29 is 13.2 Å². The van der Waals surface area contributed by atoms with E-state index in [1.165, 1.54) is 21.7 Å². The molecule has 2 N–H and O–H groups in total. The number of hydrogen-bond donors (Lipinski definition) is 2. The molecule has 5 rings (SSSR count). The van der Waals surface area contributed by atoms with Crippen molar-refractivity contribution in [2.24, 2.45) is 0 Å². The fraction of sp³-hybridized carbons (Fsp3) is 0.238. The summed E-state index contributed by atoms with van der Waals surface area (Å²) >= 11 is 2.44. The highest BCUT2D eigenvalue weighted by Crippen LogP contribution is 2.34. The quantitative estimate of drug-likeness (QED) is 0.440. The molecule has 0 bridgehead atoms. The van der Waals surface area contributed by atoms with E-state index in [0.717, 1.165) is 52.0 Å². The average molecular weight is 473 g/mol. The Bertz CT molecular complexity index is 1380. The predicted octanol–water partition coefficient (Wildman–Crippen LogP) is 4.70. The molecule has 4 heterocycles. The van der Waals surface area contributed by atoms with Crippen LogP contribution in [0.2, 0.25) is 0 Å². The Morgan fingerprint density at radius 3 is 2.74 bits per heavy atom. The molecule has 31 heavy (non-hydrogen) atoms. The first-order chi connectivity index (χ1) is 14.9. The zero-order valence-corrected chi connectivity index (χ0v) is 19.2. The molecule has 0 radical (unpaired) electrons. The Labute approximate surface area is 187 Å². The Kier molecular flexibility index (Phi) is 5.17. The summed E-state index contributed by atoms with van der Waals surface area (Å²) in [6.45, 7) is 2.99. The molecule has 1 aliphatic heterocycles. The Hall–Kier alpha value is -2.53. The second kappa shape index (κ2) is 7.86. The van der Waals surface area contributed by atoms with Gasteiger partial charge in [-0.2, -0.15) is 4.31 Å². The van der Waals surface area contributed by atoms with Crippen LogP contribution in [0.5, 0.6) is 0 Å². The smallest absolute Gasteiger partial charge is 0.268 e. The molecule has 1 aromatic carbocycles. The normalized spacial score (nSPS) is 15.0. The van der Waals surface area contributed by atoms with Gasteiger partial charge in [-0.15, -0.1) is 22.7 Å². The molecule has 10 heteroatoms. The minimum atomic E-state index is -3.66. The number of rotatable bonds is 5. The number of anilines is 1. The number of fused-ring (bicyclic) bond motifs is 1. The zero-order chi connectivity index (χ0) is 21.6. The highest BCUT2D eigenvalue weighted by Gasteiger charge is 2.32.